The molecule has 1 unspecified atom stereocenters. The van der Waals surface area contributed by atoms with Crippen molar-refractivity contribution in [2.75, 3.05) is 12.0 Å². The molecule has 0 bridgehead atoms. The third-order valence-electron chi connectivity index (χ3n) is 6.49. The molecule has 8 heteroatoms. The second kappa shape index (κ2) is 13.1. The number of amides is 1. The monoisotopic (exact) mass is 538 g/mol. The highest BCUT2D eigenvalue weighted by Gasteiger charge is 2.21. The number of hydrogen-bond acceptors (Lipinski definition) is 5. The number of rotatable bonds is 12. The number of carbonyl (C=O) groups excluding carboxylic acids is 1. The number of ether oxygens (including phenoxy) is 1. The van der Waals surface area contributed by atoms with Crippen LogP contribution in [-0.4, -0.2) is 41.2 Å². The van der Waals surface area contributed by atoms with Crippen molar-refractivity contribution < 1.29 is 29.3 Å². The van der Waals surface area contributed by atoms with Crippen LogP contribution in [0.4, 0.5) is 5.69 Å². The summed E-state index contributed by atoms with van der Waals surface area (Å²) in [6.45, 7) is 1.04. The molecule has 4 aromatic rings. The van der Waals surface area contributed by atoms with Gasteiger partial charge in [0.15, 0.2) is 0 Å². The molecule has 1 atom stereocenters. The Kier molecular flexibility index (Phi) is 9.15. The van der Waals surface area contributed by atoms with Gasteiger partial charge in [-0.25, -0.2) is 9.59 Å². The predicted molar refractivity (Wildman–Crippen MR) is 152 cm³/mol. The standard InChI is InChI=1S/C32H30N2O6/c1-40-28-17-15-27(16-18-28)34(21-24-9-13-26(14-10-24)31(36)37)20-23-7-11-25(12-8-23)30(35)33-29(32(38)39)19-22-5-3-2-4-6-22/h2-18,29H,19-21H2,1H3,(H,33,35)(H,36,37)(H,38,39). The van der Waals surface area contributed by atoms with E-state index in [0.29, 0.717) is 18.7 Å². The second-order valence-electron chi connectivity index (χ2n) is 9.31. The van der Waals surface area contributed by atoms with Gasteiger partial charge in [0.25, 0.3) is 5.91 Å². The molecule has 0 aliphatic carbocycles. The number of aromatic carboxylic acids is 1. The molecule has 0 heterocycles. The van der Waals surface area contributed by atoms with Crippen LogP contribution >= 0.6 is 0 Å². The molecule has 8 nitrogen and oxygen atoms in total. The lowest BCUT2D eigenvalue weighted by Gasteiger charge is -2.26. The van der Waals surface area contributed by atoms with Gasteiger partial charge in [-0.2, -0.15) is 0 Å². The summed E-state index contributed by atoms with van der Waals surface area (Å²) in [5.74, 6) is -1.80. The zero-order chi connectivity index (χ0) is 28.5. The molecule has 0 aliphatic rings. The minimum Gasteiger partial charge on any atom is -0.497 e. The number of anilines is 1. The summed E-state index contributed by atoms with van der Waals surface area (Å²) in [5.41, 5.74) is 4.23. The molecule has 0 saturated heterocycles. The van der Waals surface area contributed by atoms with E-state index in [4.69, 9.17) is 4.74 Å². The average Bonchev–Trinajstić information content (AvgIpc) is 2.97. The van der Waals surface area contributed by atoms with Gasteiger partial charge in [0.2, 0.25) is 0 Å². The molecule has 0 fully saturated rings. The van der Waals surface area contributed by atoms with Crippen LogP contribution in [0, 0.1) is 0 Å². The van der Waals surface area contributed by atoms with E-state index in [-0.39, 0.29) is 12.0 Å². The highest BCUT2D eigenvalue weighted by atomic mass is 16.5. The van der Waals surface area contributed by atoms with Gasteiger partial charge >= 0.3 is 11.9 Å². The molecule has 40 heavy (non-hydrogen) atoms. The number of aliphatic carboxylic acids is 1. The van der Waals surface area contributed by atoms with Gasteiger partial charge in [0.1, 0.15) is 11.8 Å². The number of nitrogens with zero attached hydrogens (tertiary/aromatic N) is 1. The zero-order valence-corrected chi connectivity index (χ0v) is 22.0. The first-order chi connectivity index (χ1) is 19.3. The number of carbonyl (C=O) groups is 3. The molecule has 0 spiro atoms. The fraction of sp³-hybridized carbons (Fsp3) is 0.156. The fourth-order valence-corrected chi connectivity index (χ4v) is 4.28. The normalized spacial score (nSPS) is 11.3. The largest absolute Gasteiger partial charge is 0.497 e. The predicted octanol–water partition coefficient (Wildman–Crippen LogP) is 5.03. The van der Waals surface area contributed by atoms with E-state index < -0.39 is 23.9 Å². The fourth-order valence-electron chi connectivity index (χ4n) is 4.28. The molecule has 4 aromatic carbocycles. The maximum absolute atomic E-state index is 12.8. The van der Waals surface area contributed by atoms with Crippen LogP contribution in [-0.2, 0) is 24.3 Å². The first kappa shape index (κ1) is 27.9. The Hall–Kier alpha value is -5.11. The van der Waals surface area contributed by atoms with Crippen molar-refractivity contribution in [2.45, 2.75) is 25.6 Å². The Morgan fingerprint density at radius 1 is 0.725 bits per heavy atom. The molecular weight excluding hydrogens is 508 g/mol. The lowest BCUT2D eigenvalue weighted by Crippen LogP contribution is -2.42. The van der Waals surface area contributed by atoms with Crippen LogP contribution in [0.3, 0.4) is 0 Å². The summed E-state index contributed by atoms with van der Waals surface area (Å²) in [6.07, 6.45) is 0.185. The van der Waals surface area contributed by atoms with E-state index in [1.54, 1.807) is 43.5 Å². The van der Waals surface area contributed by atoms with Crippen LogP contribution < -0.4 is 15.0 Å². The van der Waals surface area contributed by atoms with Gasteiger partial charge in [-0.15, -0.1) is 0 Å². The first-order valence-electron chi connectivity index (χ1n) is 12.7. The van der Waals surface area contributed by atoms with Crippen LogP contribution in [0.15, 0.2) is 103 Å². The molecule has 0 saturated carbocycles. The van der Waals surface area contributed by atoms with Crippen molar-refractivity contribution >= 4 is 23.5 Å². The average molecular weight is 539 g/mol. The van der Waals surface area contributed by atoms with Crippen molar-refractivity contribution in [3.8, 4) is 5.75 Å². The van der Waals surface area contributed by atoms with Crippen LogP contribution in [0.2, 0.25) is 0 Å². The number of carboxylic acid groups (broad SMARTS) is 2. The minimum absolute atomic E-state index is 0.185. The summed E-state index contributed by atoms with van der Waals surface area (Å²) in [4.78, 5) is 38.0. The van der Waals surface area contributed by atoms with E-state index in [9.17, 15) is 24.6 Å². The molecule has 204 valence electrons. The second-order valence-corrected chi connectivity index (χ2v) is 9.31. The minimum atomic E-state index is -1.10. The maximum atomic E-state index is 12.8. The molecule has 1 amide bonds. The molecule has 0 aliphatic heterocycles. The lowest BCUT2D eigenvalue weighted by atomic mass is 10.0. The van der Waals surface area contributed by atoms with Gasteiger partial charge in [0.05, 0.1) is 12.7 Å². The van der Waals surface area contributed by atoms with Crippen molar-refractivity contribution in [2.24, 2.45) is 0 Å². The molecular formula is C32H30N2O6. The molecule has 4 rings (SSSR count). The van der Waals surface area contributed by atoms with Gasteiger partial charge in [-0.05, 0) is 65.2 Å². The van der Waals surface area contributed by atoms with E-state index >= 15 is 0 Å². The van der Waals surface area contributed by atoms with Gasteiger partial charge in [-0.1, -0.05) is 54.6 Å². The lowest BCUT2D eigenvalue weighted by molar-refractivity contribution is -0.139. The highest BCUT2D eigenvalue weighted by Crippen LogP contribution is 2.24. The first-order valence-corrected chi connectivity index (χ1v) is 12.7. The Morgan fingerprint density at radius 3 is 1.77 bits per heavy atom. The Labute approximate surface area is 232 Å². The van der Waals surface area contributed by atoms with Crippen LogP contribution in [0.1, 0.15) is 37.4 Å². The van der Waals surface area contributed by atoms with E-state index in [1.807, 2.05) is 66.7 Å². The van der Waals surface area contributed by atoms with Crippen molar-refractivity contribution in [1.29, 1.82) is 0 Å². The van der Waals surface area contributed by atoms with Gasteiger partial charge < -0.3 is 25.2 Å². The third-order valence-corrected chi connectivity index (χ3v) is 6.49. The topological polar surface area (TPSA) is 116 Å². The van der Waals surface area contributed by atoms with E-state index in [0.717, 1.165) is 28.1 Å². The quantitative estimate of drug-likeness (QED) is 0.232. The number of nitrogens with one attached hydrogen (secondary N) is 1. The van der Waals surface area contributed by atoms with Crippen molar-refractivity contribution in [1.82, 2.24) is 5.32 Å². The molecule has 3 N–H and O–H groups in total. The zero-order valence-electron chi connectivity index (χ0n) is 22.0. The van der Waals surface area contributed by atoms with Gasteiger partial charge in [0, 0.05) is 30.8 Å². The highest BCUT2D eigenvalue weighted by molar-refractivity contribution is 5.96. The SMILES string of the molecule is COc1ccc(N(Cc2ccc(C(=O)O)cc2)Cc2ccc(C(=O)NC(Cc3ccccc3)C(=O)O)cc2)cc1. The summed E-state index contributed by atoms with van der Waals surface area (Å²) >= 11 is 0. The summed E-state index contributed by atoms with van der Waals surface area (Å²) in [6, 6.07) is 29.5. The van der Waals surface area contributed by atoms with Crippen LogP contribution in [0.25, 0.3) is 0 Å². The number of hydrogen-bond donors (Lipinski definition) is 3. The summed E-state index contributed by atoms with van der Waals surface area (Å²) < 4.78 is 5.28. The van der Waals surface area contributed by atoms with Crippen molar-refractivity contribution in [3.63, 3.8) is 0 Å². The Bertz CT molecular complexity index is 1440. The summed E-state index contributed by atoms with van der Waals surface area (Å²) in [7, 11) is 1.61. The van der Waals surface area contributed by atoms with E-state index in [1.165, 1.54) is 0 Å². The van der Waals surface area contributed by atoms with Crippen molar-refractivity contribution in [3.05, 3.63) is 131 Å². The molecule has 0 radical (unpaired) electrons. The molecule has 0 aromatic heterocycles. The third kappa shape index (κ3) is 7.48. The maximum Gasteiger partial charge on any atom is 0.335 e. The Balaban J connectivity index is 1.48. The summed E-state index contributed by atoms with van der Waals surface area (Å²) in [5, 5.41) is 21.4. The number of carboxylic acids is 2. The van der Waals surface area contributed by atoms with Gasteiger partial charge in [-0.3, -0.25) is 4.79 Å². The Morgan fingerprint density at radius 2 is 1.27 bits per heavy atom. The smallest absolute Gasteiger partial charge is 0.335 e. The van der Waals surface area contributed by atoms with Crippen LogP contribution in [0.5, 0.6) is 5.75 Å². The number of benzene rings is 4. The number of methoxy groups -OCH3 is 1. The van der Waals surface area contributed by atoms with E-state index in [2.05, 4.69) is 10.2 Å².